The van der Waals surface area contributed by atoms with E-state index >= 15 is 0 Å². The number of benzene rings is 2. The van der Waals surface area contributed by atoms with E-state index in [0.29, 0.717) is 11.5 Å². The van der Waals surface area contributed by atoms with Gasteiger partial charge in [0.05, 0.1) is 0 Å². The molecule has 0 heterocycles. The van der Waals surface area contributed by atoms with Crippen molar-refractivity contribution in [1.29, 1.82) is 0 Å². The Balaban J connectivity index is 0.000000550. The minimum atomic E-state index is -2.18. The molecule has 100 valence electrons. The van der Waals surface area contributed by atoms with E-state index in [1.165, 1.54) is 0 Å². The first-order chi connectivity index (χ1) is 9.26. The van der Waals surface area contributed by atoms with Crippen molar-refractivity contribution >= 4 is 19.9 Å². The zero-order chi connectivity index (χ0) is 13.9. The van der Waals surface area contributed by atoms with Gasteiger partial charge in [-0.3, -0.25) is 0 Å². The van der Waals surface area contributed by atoms with Gasteiger partial charge in [-0.15, -0.1) is 11.6 Å². The number of hydrogen-bond acceptors (Lipinski definition) is 3. The Morgan fingerprint density at radius 3 is 1.53 bits per heavy atom. The lowest BCUT2D eigenvalue weighted by Gasteiger charge is -1.92. The highest BCUT2D eigenvalue weighted by Gasteiger charge is 2.23. The summed E-state index contributed by atoms with van der Waals surface area (Å²) < 4.78 is 21.7. The number of rotatable bonds is 4. The van der Waals surface area contributed by atoms with Crippen LogP contribution in [-0.4, -0.2) is 5.88 Å². The van der Waals surface area contributed by atoms with E-state index in [4.69, 9.17) is 20.6 Å². The quantitative estimate of drug-likeness (QED) is 0.585. The van der Waals surface area contributed by atoms with Crippen molar-refractivity contribution in [2.24, 2.45) is 0 Å². The Labute approximate surface area is 119 Å². The molecule has 0 aromatic heterocycles. The average molecular weight is 298 g/mol. The van der Waals surface area contributed by atoms with E-state index in [0.717, 1.165) is 5.88 Å². The molecule has 0 saturated heterocycles. The molecule has 19 heavy (non-hydrogen) atoms. The number of alkyl halides is 1. The number of hydrogen-bond donors (Lipinski definition) is 0. The van der Waals surface area contributed by atoms with Crippen LogP contribution in [0.1, 0.15) is 6.92 Å². The van der Waals surface area contributed by atoms with Crippen molar-refractivity contribution in [2.75, 3.05) is 5.88 Å². The van der Waals surface area contributed by atoms with Gasteiger partial charge < -0.3 is 0 Å². The van der Waals surface area contributed by atoms with E-state index in [2.05, 4.69) is 0 Å². The average Bonchev–Trinajstić information content (AvgIpc) is 2.41. The molecule has 2 aromatic rings. The van der Waals surface area contributed by atoms with Crippen LogP contribution in [-0.2, 0) is 4.57 Å². The molecule has 0 aliphatic rings. The molecule has 0 bridgehead atoms. The first-order valence-corrected chi connectivity index (χ1v) is 7.38. The zero-order valence-electron chi connectivity index (χ0n) is 10.5. The molecule has 2 rings (SSSR count). The van der Waals surface area contributed by atoms with E-state index in [-0.39, 0.29) is 0 Å². The molecule has 5 heteroatoms. The topological polar surface area (TPSA) is 35.5 Å². The van der Waals surface area contributed by atoms with E-state index in [9.17, 15) is 4.57 Å². The highest BCUT2D eigenvalue weighted by atomic mass is 35.5. The Hall–Kier alpha value is -1.57. The maximum atomic E-state index is 11.5. The molecule has 0 spiro atoms. The second kappa shape index (κ2) is 9.37. The molecule has 0 amide bonds. The maximum Gasteiger partial charge on any atom is 0.805 e. The third-order valence-corrected chi connectivity index (χ3v) is 2.57. The fourth-order valence-electron chi connectivity index (χ4n) is 1.15. The van der Waals surface area contributed by atoms with Crippen molar-refractivity contribution in [2.45, 2.75) is 6.92 Å². The molecule has 0 atom stereocenters. The maximum absolute atomic E-state index is 11.5. The normalized spacial score (nSPS) is 8.95. The van der Waals surface area contributed by atoms with Gasteiger partial charge in [-0.25, -0.2) is 9.05 Å². The van der Waals surface area contributed by atoms with Gasteiger partial charge >= 0.3 is 8.25 Å². The largest absolute Gasteiger partial charge is 0.805 e. The molecule has 0 fully saturated rings. The first kappa shape index (κ1) is 15.5. The highest BCUT2D eigenvalue weighted by Crippen LogP contribution is 2.29. The number of halogens is 1. The van der Waals surface area contributed by atoms with Gasteiger partial charge in [-0.1, -0.05) is 43.3 Å². The van der Waals surface area contributed by atoms with Gasteiger partial charge in [0, 0.05) is 10.4 Å². The second-order valence-corrected chi connectivity index (χ2v) is 4.65. The van der Waals surface area contributed by atoms with Gasteiger partial charge in [-0.05, 0) is 24.3 Å². The van der Waals surface area contributed by atoms with Crippen LogP contribution in [0.2, 0.25) is 0 Å². The van der Waals surface area contributed by atoms with E-state index < -0.39 is 8.25 Å². The molecule has 2 aromatic carbocycles. The lowest BCUT2D eigenvalue weighted by molar-refractivity contribution is 0.415. The van der Waals surface area contributed by atoms with Crippen molar-refractivity contribution in [1.82, 2.24) is 0 Å². The summed E-state index contributed by atoms with van der Waals surface area (Å²) in [5.41, 5.74) is 0. The summed E-state index contributed by atoms with van der Waals surface area (Å²) in [6.07, 6.45) is 0. The molecule has 0 aliphatic carbocycles. The summed E-state index contributed by atoms with van der Waals surface area (Å²) >= 11 is 5.00. The highest BCUT2D eigenvalue weighted by molar-refractivity contribution is 7.34. The van der Waals surface area contributed by atoms with Crippen LogP contribution in [0.3, 0.4) is 0 Å². The smallest absolute Gasteiger partial charge is 0.222 e. The second-order valence-electron chi connectivity index (χ2n) is 3.30. The fourth-order valence-corrected chi connectivity index (χ4v) is 1.78. The van der Waals surface area contributed by atoms with Crippen LogP contribution >= 0.6 is 19.9 Å². The van der Waals surface area contributed by atoms with Gasteiger partial charge in [-0.2, -0.15) is 0 Å². The van der Waals surface area contributed by atoms with Crippen LogP contribution in [0.4, 0.5) is 0 Å². The minimum Gasteiger partial charge on any atom is -0.222 e. The molecular weight excluding hydrogens is 283 g/mol. The van der Waals surface area contributed by atoms with Crippen LogP contribution < -0.4 is 9.05 Å². The summed E-state index contributed by atoms with van der Waals surface area (Å²) in [4.78, 5) is 0. The van der Waals surface area contributed by atoms with Crippen molar-refractivity contribution in [3.63, 3.8) is 0 Å². The number of para-hydroxylation sites is 2. The summed E-state index contributed by atoms with van der Waals surface area (Å²) in [5, 5.41) is 0. The van der Waals surface area contributed by atoms with Crippen LogP contribution in [0.25, 0.3) is 0 Å². The Morgan fingerprint density at radius 1 is 0.895 bits per heavy atom. The van der Waals surface area contributed by atoms with E-state index in [1.54, 1.807) is 48.5 Å². The Kier molecular flexibility index (Phi) is 7.64. The lowest BCUT2D eigenvalue weighted by Crippen LogP contribution is -1.87. The van der Waals surface area contributed by atoms with Gasteiger partial charge in [0.2, 0.25) is 0 Å². The molecule has 3 nitrogen and oxygen atoms in total. The van der Waals surface area contributed by atoms with Gasteiger partial charge in [0.1, 0.15) is 0 Å². The SMILES string of the molecule is CCCl.O=[P+](Oc1ccccc1)Oc1ccccc1. The van der Waals surface area contributed by atoms with Crippen LogP contribution in [0, 0.1) is 0 Å². The standard InChI is InChI=1S/C12H10O3P.C2H5Cl/c13-16(14-11-7-3-1-4-8-11)15-12-9-5-2-6-10-12;1-2-3/h1-10H;2H2,1H3/q+1;. The Bertz CT molecular complexity index is 433. The lowest BCUT2D eigenvalue weighted by atomic mass is 10.3. The minimum absolute atomic E-state index is 0.527. The van der Waals surface area contributed by atoms with Gasteiger partial charge in [0.15, 0.2) is 11.5 Å². The summed E-state index contributed by atoms with van der Waals surface area (Å²) in [7, 11) is -2.18. The molecule has 0 saturated carbocycles. The predicted octanol–water partition coefficient (Wildman–Crippen LogP) is 5.05. The molecule has 0 radical (unpaired) electrons. The van der Waals surface area contributed by atoms with Crippen molar-refractivity contribution in [3.05, 3.63) is 60.7 Å². The Morgan fingerprint density at radius 2 is 1.21 bits per heavy atom. The summed E-state index contributed by atoms with van der Waals surface area (Å²) in [6.45, 7) is 1.89. The summed E-state index contributed by atoms with van der Waals surface area (Å²) in [6, 6.07) is 17.8. The monoisotopic (exact) mass is 297 g/mol. The third kappa shape index (κ3) is 6.80. The molecule has 0 unspecified atom stereocenters. The van der Waals surface area contributed by atoms with Crippen LogP contribution in [0.15, 0.2) is 60.7 Å². The third-order valence-electron chi connectivity index (χ3n) is 1.85. The molecular formula is C14H15ClO3P+. The van der Waals surface area contributed by atoms with Crippen molar-refractivity contribution in [3.8, 4) is 11.5 Å². The fraction of sp³-hybridized carbons (Fsp3) is 0.143. The molecule has 0 N–H and O–H groups in total. The van der Waals surface area contributed by atoms with Crippen LogP contribution in [0.5, 0.6) is 11.5 Å². The zero-order valence-corrected chi connectivity index (χ0v) is 12.2. The van der Waals surface area contributed by atoms with Crippen molar-refractivity contribution < 1.29 is 13.6 Å². The summed E-state index contributed by atoms with van der Waals surface area (Å²) in [5.74, 6) is 1.78. The predicted molar refractivity (Wildman–Crippen MR) is 78.1 cm³/mol. The molecule has 0 aliphatic heterocycles. The first-order valence-electron chi connectivity index (χ1n) is 5.75. The van der Waals surface area contributed by atoms with E-state index in [1.807, 2.05) is 19.1 Å². The van der Waals surface area contributed by atoms with Gasteiger partial charge in [0.25, 0.3) is 0 Å².